The largest absolute Gasteiger partial charge is 0.495 e. The lowest BCUT2D eigenvalue weighted by atomic mass is 10.1. The second-order valence-electron chi connectivity index (χ2n) is 6.49. The standard InChI is InChI=1S/C21H21ClN2O3/c1-13-11-18(19(27-2)12-17(13)22)24-20(25)10-5-14-3-6-15(7-4-14)21(26)23-16-8-9-16/h3-7,10-12,16H,8-9H2,1-2H3,(H,23,26)(H,24,25)/b10-5+. The second kappa shape index (κ2) is 8.27. The van der Waals surface area contributed by atoms with Crippen LogP contribution in [0.3, 0.4) is 0 Å². The Kier molecular flexibility index (Phi) is 5.81. The summed E-state index contributed by atoms with van der Waals surface area (Å²) in [5, 5.41) is 6.30. The number of aryl methyl sites for hydroxylation is 1. The lowest BCUT2D eigenvalue weighted by molar-refractivity contribution is -0.111. The van der Waals surface area contributed by atoms with Crippen LogP contribution in [-0.4, -0.2) is 25.0 Å². The van der Waals surface area contributed by atoms with Crippen molar-refractivity contribution in [1.82, 2.24) is 5.32 Å². The van der Waals surface area contributed by atoms with Crippen LogP contribution in [0.4, 0.5) is 5.69 Å². The molecule has 1 fully saturated rings. The van der Waals surface area contributed by atoms with E-state index in [0.29, 0.717) is 28.1 Å². The van der Waals surface area contributed by atoms with E-state index < -0.39 is 0 Å². The SMILES string of the molecule is COc1cc(Cl)c(C)cc1NC(=O)/C=C/c1ccc(C(=O)NC2CC2)cc1. The predicted octanol–water partition coefficient (Wildman–Crippen LogP) is 4.20. The predicted molar refractivity (Wildman–Crippen MR) is 107 cm³/mol. The van der Waals surface area contributed by atoms with E-state index in [0.717, 1.165) is 24.0 Å². The van der Waals surface area contributed by atoms with E-state index in [2.05, 4.69) is 10.6 Å². The van der Waals surface area contributed by atoms with Crippen molar-refractivity contribution in [3.05, 3.63) is 64.2 Å². The van der Waals surface area contributed by atoms with Gasteiger partial charge in [-0.25, -0.2) is 0 Å². The van der Waals surface area contributed by atoms with Crippen LogP contribution in [-0.2, 0) is 4.79 Å². The van der Waals surface area contributed by atoms with Gasteiger partial charge in [0.15, 0.2) is 0 Å². The van der Waals surface area contributed by atoms with Crippen molar-refractivity contribution in [3.8, 4) is 5.75 Å². The van der Waals surface area contributed by atoms with Crippen molar-refractivity contribution in [2.24, 2.45) is 0 Å². The zero-order valence-electron chi connectivity index (χ0n) is 15.2. The molecule has 3 rings (SSSR count). The van der Waals surface area contributed by atoms with Gasteiger partial charge in [-0.3, -0.25) is 9.59 Å². The molecule has 1 aliphatic carbocycles. The minimum Gasteiger partial charge on any atom is -0.495 e. The van der Waals surface area contributed by atoms with Crippen molar-refractivity contribution in [1.29, 1.82) is 0 Å². The average molecular weight is 385 g/mol. The van der Waals surface area contributed by atoms with E-state index in [9.17, 15) is 9.59 Å². The fourth-order valence-corrected chi connectivity index (χ4v) is 2.67. The van der Waals surface area contributed by atoms with Gasteiger partial charge in [0, 0.05) is 28.8 Å². The topological polar surface area (TPSA) is 67.4 Å². The van der Waals surface area contributed by atoms with E-state index in [1.807, 2.05) is 6.92 Å². The molecule has 140 valence electrons. The quantitative estimate of drug-likeness (QED) is 0.733. The molecule has 0 spiro atoms. The molecule has 2 aromatic carbocycles. The van der Waals surface area contributed by atoms with Gasteiger partial charge >= 0.3 is 0 Å². The number of anilines is 1. The summed E-state index contributed by atoms with van der Waals surface area (Å²) in [6, 6.07) is 10.9. The molecule has 6 heteroatoms. The molecule has 2 N–H and O–H groups in total. The van der Waals surface area contributed by atoms with Crippen molar-refractivity contribution in [3.63, 3.8) is 0 Å². The maximum atomic E-state index is 12.2. The van der Waals surface area contributed by atoms with Gasteiger partial charge in [-0.05, 0) is 55.2 Å². The van der Waals surface area contributed by atoms with Crippen molar-refractivity contribution in [2.45, 2.75) is 25.8 Å². The van der Waals surface area contributed by atoms with Gasteiger partial charge < -0.3 is 15.4 Å². The lowest BCUT2D eigenvalue weighted by Crippen LogP contribution is -2.25. The van der Waals surface area contributed by atoms with Crippen LogP contribution in [0.1, 0.15) is 34.3 Å². The fourth-order valence-electron chi connectivity index (χ4n) is 2.52. The summed E-state index contributed by atoms with van der Waals surface area (Å²) >= 11 is 6.07. The van der Waals surface area contributed by atoms with E-state index in [1.165, 1.54) is 13.2 Å². The van der Waals surface area contributed by atoms with Crippen molar-refractivity contribution in [2.75, 3.05) is 12.4 Å². The number of benzene rings is 2. The Bertz CT molecular complexity index is 887. The van der Waals surface area contributed by atoms with Gasteiger partial charge in [-0.1, -0.05) is 23.7 Å². The molecule has 0 heterocycles. The summed E-state index contributed by atoms with van der Waals surface area (Å²) in [7, 11) is 1.52. The Morgan fingerprint density at radius 3 is 2.52 bits per heavy atom. The minimum atomic E-state index is -0.287. The van der Waals surface area contributed by atoms with Crippen LogP contribution in [0.15, 0.2) is 42.5 Å². The van der Waals surface area contributed by atoms with Crippen LogP contribution in [0.2, 0.25) is 5.02 Å². The molecule has 1 saturated carbocycles. The molecule has 2 aromatic rings. The molecule has 1 aliphatic rings. The highest BCUT2D eigenvalue weighted by Gasteiger charge is 2.23. The number of carbonyl (C=O) groups is 2. The van der Waals surface area contributed by atoms with E-state index in [1.54, 1.807) is 42.5 Å². The lowest BCUT2D eigenvalue weighted by Gasteiger charge is -2.11. The number of amides is 2. The molecule has 0 unspecified atom stereocenters. The number of ether oxygens (including phenoxy) is 1. The maximum absolute atomic E-state index is 12.2. The summed E-state index contributed by atoms with van der Waals surface area (Å²) in [4.78, 5) is 24.2. The Balaban J connectivity index is 1.63. The minimum absolute atomic E-state index is 0.0593. The molecule has 0 saturated heterocycles. The molecule has 0 radical (unpaired) electrons. The van der Waals surface area contributed by atoms with Crippen LogP contribution in [0.5, 0.6) is 5.75 Å². The number of nitrogens with one attached hydrogen (secondary N) is 2. The zero-order valence-corrected chi connectivity index (χ0v) is 16.0. The summed E-state index contributed by atoms with van der Waals surface area (Å²) in [5.74, 6) is 0.153. The third-order valence-corrected chi connectivity index (χ3v) is 4.66. The molecule has 0 bridgehead atoms. The molecule has 0 aromatic heterocycles. The van der Waals surface area contributed by atoms with E-state index in [-0.39, 0.29) is 11.8 Å². The van der Waals surface area contributed by atoms with Gasteiger partial charge in [0.25, 0.3) is 5.91 Å². The molecular formula is C21H21ClN2O3. The first-order chi connectivity index (χ1) is 13.0. The smallest absolute Gasteiger partial charge is 0.251 e. The molecule has 5 nitrogen and oxygen atoms in total. The number of hydrogen-bond donors (Lipinski definition) is 2. The first kappa shape index (κ1) is 19.0. The summed E-state index contributed by atoms with van der Waals surface area (Å²) in [5.41, 5.74) is 2.84. The van der Waals surface area contributed by atoms with Crippen LogP contribution < -0.4 is 15.4 Å². The second-order valence-corrected chi connectivity index (χ2v) is 6.90. The Labute approximate surface area is 163 Å². The number of hydrogen-bond acceptors (Lipinski definition) is 3. The molecular weight excluding hydrogens is 364 g/mol. The third kappa shape index (κ3) is 5.11. The summed E-state index contributed by atoms with van der Waals surface area (Å²) < 4.78 is 5.25. The monoisotopic (exact) mass is 384 g/mol. The number of carbonyl (C=O) groups excluding carboxylic acids is 2. The van der Waals surface area contributed by atoms with Gasteiger partial charge in [-0.15, -0.1) is 0 Å². The third-order valence-electron chi connectivity index (χ3n) is 4.25. The van der Waals surface area contributed by atoms with Crippen molar-refractivity contribution >= 4 is 35.2 Å². The number of halogens is 1. The Hall–Kier alpha value is -2.79. The molecule has 0 atom stereocenters. The first-order valence-corrected chi connectivity index (χ1v) is 9.08. The first-order valence-electron chi connectivity index (χ1n) is 8.70. The highest BCUT2D eigenvalue weighted by molar-refractivity contribution is 6.31. The molecule has 0 aliphatic heterocycles. The van der Waals surface area contributed by atoms with Gasteiger partial charge in [0.05, 0.1) is 12.8 Å². The molecule has 27 heavy (non-hydrogen) atoms. The molecule has 2 amide bonds. The highest BCUT2D eigenvalue weighted by atomic mass is 35.5. The average Bonchev–Trinajstić information content (AvgIpc) is 3.47. The maximum Gasteiger partial charge on any atom is 0.251 e. The zero-order chi connectivity index (χ0) is 19.4. The highest BCUT2D eigenvalue weighted by Crippen LogP contribution is 2.30. The number of rotatable bonds is 6. The summed E-state index contributed by atoms with van der Waals surface area (Å²) in [6.07, 6.45) is 5.23. The van der Waals surface area contributed by atoms with Gasteiger partial charge in [0.1, 0.15) is 5.75 Å². The Morgan fingerprint density at radius 2 is 1.89 bits per heavy atom. The van der Waals surface area contributed by atoms with E-state index in [4.69, 9.17) is 16.3 Å². The van der Waals surface area contributed by atoms with Crippen molar-refractivity contribution < 1.29 is 14.3 Å². The summed E-state index contributed by atoms with van der Waals surface area (Å²) in [6.45, 7) is 1.86. The van der Waals surface area contributed by atoms with Crippen LogP contribution in [0.25, 0.3) is 6.08 Å². The van der Waals surface area contributed by atoms with Gasteiger partial charge in [0.2, 0.25) is 5.91 Å². The van der Waals surface area contributed by atoms with Crippen LogP contribution >= 0.6 is 11.6 Å². The van der Waals surface area contributed by atoms with Crippen LogP contribution in [0, 0.1) is 6.92 Å². The Morgan fingerprint density at radius 1 is 1.19 bits per heavy atom. The van der Waals surface area contributed by atoms with Gasteiger partial charge in [-0.2, -0.15) is 0 Å². The normalized spacial score (nSPS) is 13.4. The fraction of sp³-hybridized carbons (Fsp3) is 0.238. The van der Waals surface area contributed by atoms with E-state index >= 15 is 0 Å². The number of methoxy groups -OCH3 is 1.